The van der Waals surface area contributed by atoms with Crippen LogP contribution in [-0.2, 0) is 19.1 Å². The van der Waals surface area contributed by atoms with Crippen molar-refractivity contribution in [3.63, 3.8) is 0 Å². The molecule has 180 valence electrons. The highest BCUT2D eigenvalue weighted by Crippen LogP contribution is 2.40. The van der Waals surface area contributed by atoms with E-state index in [1.165, 1.54) is 18.9 Å². The second kappa shape index (κ2) is 10.5. The predicted molar refractivity (Wildman–Crippen MR) is 126 cm³/mol. The first-order valence-corrected chi connectivity index (χ1v) is 11.0. The number of aliphatic hydroxyl groups is 1. The SMILES string of the molecule is COCCN1C(=O)C(=O)/C(=C(/O)c2ccc(OC(C)C)c(C)c2)C1c1cccc(OC(C)=O)c1. The molecule has 0 bridgehead atoms. The smallest absolute Gasteiger partial charge is 0.308 e. The number of carbonyl (C=O) groups excluding carboxylic acids is 3. The van der Waals surface area contributed by atoms with E-state index in [-0.39, 0.29) is 36.3 Å². The molecule has 3 rings (SSSR count). The van der Waals surface area contributed by atoms with Crippen LogP contribution < -0.4 is 9.47 Å². The van der Waals surface area contributed by atoms with Crippen molar-refractivity contribution in [2.75, 3.05) is 20.3 Å². The lowest BCUT2D eigenvalue weighted by Crippen LogP contribution is -2.32. The molecule has 1 atom stereocenters. The van der Waals surface area contributed by atoms with Crippen LogP contribution in [0.5, 0.6) is 11.5 Å². The number of esters is 1. The van der Waals surface area contributed by atoms with Crippen molar-refractivity contribution < 1.29 is 33.7 Å². The summed E-state index contributed by atoms with van der Waals surface area (Å²) in [7, 11) is 1.50. The maximum Gasteiger partial charge on any atom is 0.308 e. The number of ether oxygens (including phenoxy) is 3. The molecular formula is C26H29NO7. The van der Waals surface area contributed by atoms with E-state index in [9.17, 15) is 19.5 Å². The highest BCUT2D eigenvalue weighted by molar-refractivity contribution is 6.46. The number of amides is 1. The number of rotatable bonds is 8. The number of aryl methyl sites for hydroxylation is 1. The molecule has 2 aromatic carbocycles. The lowest BCUT2D eigenvalue weighted by molar-refractivity contribution is -0.140. The predicted octanol–water partition coefficient (Wildman–Crippen LogP) is 3.78. The summed E-state index contributed by atoms with van der Waals surface area (Å²) in [5, 5.41) is 11.2. The molecule has 0 spiro atoms. The summed E-state index contributed by atoms with van der Waals surface area (Å²) in [6.45, 7) is 7.30. The number of nitrogens with zero attached hydrogens (tertiary/aromatic N) is 1. The van der Waals surface area contributed by atoms with Crippen LogP contribution in [0, 0.1) is 6.92 Å². The van der Waals surface area contributed by atoms with E-state index in [0.29, 0.717) is 16.9 Å². The third-order valence-corrected chi connectivity index (χ3v) is 5.32. The van der Waals surface area contributed by atoms with E-state index < -0.39 is 23.7 Å². The van der Waals surface area contributed by atoms with E-state index in [0.717, 1.165) is 5.56 Å². The van der Waals surface area contributed by atoms with Crippen LogP contribution in [0.3, 0.4) is 0 Å². The van der Waals surface area contributed by atoms with E-state index >= 15 is 0 Å². The molecule has 34 heavy (non-hydrogen) atoms. The van der Waals surface area contributed by atoms with E-state index in [2.05, 4.69) is 0 Å². The minimum absolute atomic E-state index is 0.0197. The number of carbonyl (C=O) groups is 3. The van der Waals surface area contributed by atoms with Crippen LogP contribution in [-0.4, -0.2) is 54.0 Å². The van der Waals surface area contributed by atoms with Gasteiger partial charge in [-0.3, -0.25) is 14.4 Å². The van der Waals surface area contributed by atoms with Crippen LogP contribution in [0.4, 0.5) is 0 Å². The van der Waals surface area contributed by atoms with Gasteiger partial charge in [0.15, 0.2) is 0 Å². The van der Waals surface area contributed by atoms with Crippen molar-refractivity contribution in [2.45, 2.75) is 39.8 Å². The molecule has 1 saturated heterocycles. The fourth-order valence-corrected chi connectivity index (χ4v) is 3.90. The zero-order chi connectivity index (χ0) is 25.0. The fraction of sp³-hybridized carbons (Fsp3) is 0.346. The summed E-state index contributed by atoms with van der Waals surface area (Å²) in [5.41, 5.74) is 1.64. The van der Waals surface area contributed by atoms with Crippen molar-refractivity contribution in [1.82, 2.24) is 4.90 Å². The molecule has 8 heteroatoms. The first-order valence-electron chi connectivity index (χ1n) is 11.0. The lowest BCUT2D eigenvalue weighted by Gasteiger charge is -2.25. The van der Waals surface area contributed by atoms with Crippen LogP contribution in [0.15, 0.2) is 48.0 Å². The summed E-state index contributed by atoms with van der Waals surface area (Å²) in [4.78, 5) is 38.8. The minimum atomic E-state index is -0.877. The average molecular weight is 468 g/mol. The van der Waals surface area contributed by atoms with Gasteiger partial charge in [-0.25, -0.2) is 0 Å². The Balaban J connectivity index is 2.13. The summed E-state index contributed by atoms with van der Waals surface area (Å²) in [5.74, 6) is -1.38. The first-order chi connectivity index (χ1) is 16.1. The fourth-order valence-electron chi connectivity index (χ4n) is 3.90. The van der Waals surface area contributed by atoms with Crippen molar-refractivity contribution in [3.05, 3.63) is 64.7 Å². The molecule has 8 nitrogen and oxygen atoms in total. The molecule has 0 aromatic heterocycles. The Kier molecular flexibility index (Phi) is 7.73. The van der Waals surface area contributed by atoms with Gasteiger partial charge in [0.25, 0.3) is 11.7 Å². The Morgan fingerprint density at radius 1 is 1.15 bits per heavy atom. The highest BCUT2D eigenvalue weighted by atomic mass is 16.5. The number of ketones is 1. The van der Waals surface area contributed by atoms with Crippen LogP contribution in [0.25, 0.3) is 5.76 Å². The monoisotopic (exact) mass is 467 g/mol. The molecule has 0 saturated carbocycles. The largest absolute Gasteiger partial charge is 0.507 e. The molecule has 1 fully saturated rings. The zero-order valence-electron chi connectivity index (χ0n) is 20.0. The quantitative estimate of drug-likeness (QED) is 0.207. The van der Waals surface area contributed by atoms with Gasteiger partial charge < -0.3 is 24.2 Å². The Morgan fingerprint density at radius 3 is 2.50 bits per heavy atom. The number of benzene rings is 2. The second-order valence-corrected chi connectivity index (χ2v) is 8.30. The highest BCUT2D eigenvalue weighted by Gasteiger charge is 2.46. The number of methoxy groups -OCH3 is 1. The van der Waals surface area contributed by atoms with Crippen LogP contribution in [0.2, 0.25) is 0 Å². The van der Waals surface area contributed by atoms with Gasteiger partial charge in [0.1, 0.15) is 17.3 Å². The van der Waals surface area contributed by atoms with E-state index in [4.69, 9.17) is 14.2 Å². The van der Waals surface area contributed by atoms with Crippen molar-refractivity contribution >= 4 is 23.4 Å². The van der Waals surface area contributed by atoms with Gasteiger partial charge in [0, 0.05) is 26.1 Å². The van der Waals surface area contributed by atoms with Gasteiger partial charge in [-0.1, -0.05) is 12.1 Å². The van der Waals surface area contributed by atoms with Gasteiger partial charge in [-0.2, -0.15) is 0 Å². The van der Waals surface area contributed by atoms with E-state index in [1.807, 2.05) is 20.8 Å². The number of hydrogen-bond donors (Lipinski definition) is 1. The van der Waals surface area contributed by atoms with Crippen LogP contribution in [0.1, 0.15) is 43.5 Å². The first kappa shape index (κ1) is 25.0. The maximum absolute atomic E-state index is 13.1. The summed E-state index contributed by atoms with van der Waals surface area (Å²) in [6, 6.07) is 10.8. The molecule has 0 radical (unpaired) electrons. The standard InChI is InChI=1S/C26H29NO7/c1-15(2)33-21-10-9-19(13-16(21)3)24(29)22-23(27(11-12-32-5)26(31)25(22)30)18-7-6-8-20(14-18)34-17(4)28/h6-10,13-15,23,29H,11-12H2,1-5H3/b24-22+. The molecule has 1 unspecified atom stereocenters. The Hall–Kier alpha value is -3.65. The van der Waals surface area contributed by atoms with Gasteiger partial charge in [-0.05, 0) is 62.2 Å². The summed E-state index contributed by atoms with van der Waals surface area (Å²) >= 11 is 0. The van der Waals surface area contributed by atoms with E-state index in [1.54, 1.807) is 42.5 Å². The average Bonchev–Trinajstić information content (AvgIpc) is 3.02. The molecule has 2 aromatic rings. The Bertz CT molecular complexity index is 1140. The van der Waals surface area contributed by atoms with Gasteiger partial charge in [-0.15, -0.1) is 0 Å². The molecular weight excluding hydrogens is 438 g/mol. The van der Waals surface area contributed by atoms with Crippen molar-refractivity contribution in [2.24, 2.45) is 0 Å². The normalized spacial score (nSPS) is 17.4. The third kappa shape index (κ3) is 5.28. The van der Waals surface area contributed by atoms with Crippen molar-refractivity contribution in [1.29, 1.82) is 0 Å². The minimum Gasteiger partial charge on any atom is -0.507 e. The third-order valence-electron chi connectivity index (χ3n) is 5.32. The molecule has 1 amide bonds. The van der Waals surface area contributed by atoms with Gasteiger partial charge in [0.2, 0.25) is 0 Å². The van der Waals surface area contributed by atoms with Crippen LogP contribution >= 0.6 is 0 Å². The Labute approximate surface area is 198 Å². The molecule has 1 aliphatic rings. The lowest BCUT2D eigenvalue weighted by atomic mass is 9.94. The maximum atomic E-state index is 13.1. The topological polar surface area (TPSA) is 102 Å². The van der Waals surface area contributed by atoms with Gasteiger partial charge >= 0.3 is 5.97 Å². The number of Topliss-reactive ketones (excluding diaryl/α,β-unsaturated/α-hetero) is 1. The molecule has 1 heterocycles. The molecule has 0 aliphatic carbocycles. The summed E-state index contributed by atoms with van der Waals surface area (Å²) < 4.78 is 16.1. The molecule has 1 N–H and O–H groups in total. The zero-order valence-corrected chi connectivity index (χ0v) is 20.0. The number of hydrogen-bond acceptors (Lipinski definition) is 7. The molecule has 1 aliphatic heterocycles. The summed E-state index contributed by atoms with van der Waals surface area (Å²) in [6.07, 6.45) is -0.0197. The van der Waals surface area contributed by atoms with Gasteiger partial charge in [0.05, 0.1) is 24.3 Å². The second-order valence-electron chi connectivity index (χ2n) is 8.30. The number of aliphatic hydroxyl groups excluding tert-OH is 1. The Morgan fingerprint density at radius 2 is 1.88 bits per heavy atom. The number of likely N-dealkylation sites (tertiary alicyclic amines) is 1. The van der Waals surface area contributed by atoms with Crippen molar-refractivity contribution in [3.8, 4) is 11.5 Å².